The molecule has 0 amide bonds. The van der Waals surface area contributed by atoms with Gasteiger partial charge in [-0.2, -0.15) is 0 Å². The standard InChI is InChI=1S/C20H15IN2O.C17H12BrIO/c21-19-8-5-15(13-23-10-9-22-14-23)11-20(19)24-18-7-6-16-3-1-2-4-17(16)12-18;18-11-12-5-8-16(19)17(9-12)20-15-7-6-13-3-1-2-4-14(13)10-15/h1-12,14H,13H2;1-10H,11H2. The van der Waals surface area contributed by atoms with Crippen molar-refractivity contribution in [3.05, 3.63) is 158 Å². The molecule has 0 unspecified atom stereocenters. The molecule has 1 heterocycles. The summed E-state index contributed by atoms with van der Waals surface area (Å²) >= 11 is 8.08. The third-order valence-electron chi connectivity index (χ3n) is 6.97. The maximum atomic E-state index is 6.14. The van der Waals surface area contributed by atoms with Crippen LogP contribution in [0.25, 0.3) is 21.5 Å². The van der Waals surface area contributed by atoms with E-state index < -0.39 is 0 Å². The fraction of sp³-hybridized carbons (Fsp3) is 0.0541. The van der Waals surface area contributed by atoms with Crippen molar-refractivity contribution < 1.29 is 9.47 Å². The predicted octanol–water partition coefficient (Wildman–Crippen LogP) is 11.6. The topological polar surface area (TPSA) is 36.3 Å². The number of hydrogen-bond donors (Lipinski definition) is 0. The third-order valence-corrected chi connectivity index (χ3v) is 9.40. The summed E-state index contributed by atoms with van der Waals surface area (Å²) in [6.07, 6.45) is 5.57. The summed E-state index contributed by atoms with van der Waals surface area (Å²) in [6.45, 7) is 0.783. The minimum Gasteiger partial charge on any atom is -0.456 e. The normalized spacial score (nSPS) is 10.8. The fourth-order valence-corrected chi connectivity index (χ4v) is 5.98. The maximum Gasteiger partial charge on any atom is 0.141 e. The molecule has 0 saturated carbocycles. The minimum atomic E-state index is 0.783. The molecule has 0 aliphatic rings. The molecule has 0 aliphatic heterocycles. The fourth-order valence-electron chi connectivity index (χ4n) is 4.74. The van der Waals surface area contributed by atoms with E-state index in [2.05, 4.69) is 151 Å². The second-order valence-electron chi connectivity index (χ2n) is 10.1. The number of aromatic nitrogens is 2. The molecule has 0 fully saturated rings. The van der Waals surface area contributed by atoms with Gasteiger partial charge in [0, 0.05) is 24.3 Å². The van der Waals surface area contributed by atoms with Gasteiger partial charge in [0.15, 0.2) is 0 Å². The zero-order valence-electron chi connectivity index (χ0n) is 23.5. The van der Waals surface area contributed by atoms with E-state index in [-0.39, 0.29) is 0 Å². The van der Waals surface area contributed by atoms with Gasteiger partial charge >= 0.3 is 0 Å². The molecule has 0 spiro atoms. The third kappa shape index (κ3) is 7.80. The van der Waals surface area contributed by atoms with Gasteiger partial charge in [-0.3, -0.25) is 0 Å². The molecule has 4 nitrogen and oxygen atoms in total. The Morgan fingerprint density at radius 3 is 1.64 bits per heavy atom. The van der Waals surface area contributed by atoms with Crippen LogP contribution in [0.4, 0.5) is 0 Å². The number of nitrogens with zero attached hydrogens (tertiary/aromatic N) is 2. The average molecular weight is 865 g/mol. The summed E-state index contributed by atoms with van der Waals surface area (Å²) in [5, 5.41) is 5.64. The largest absolute Gasteiger partial charge is 0.456 e. The van der Waals surface area contributed by atoms with E-state index in [1.54, 1.807) is 6.20 Å². The molecule has 0 bridgehead atoms. The Bertz CT molecular complexity index is 2030. The van der Waals surface area contributed by atoms with Crippen LogP contribution in [0.2, 0.25) is 0 Å². The van der Waals surface area contributed by atoms with Crippen LogP contribution in [-0.4, -0.2) is 9.55 Å². The summed E-state index contributed by atoms with van der Waals surface area (Å²) in [7, 11) is 0. The number of fused-ring (bicyclic) bond motifs is 2. The second kappa shape index (κ2) is 14.6. The maximum absolute atomic E-state index is 6.14. The lowest BCUT2D eigenvalue weighted by Gasteiger charge is -2.11. The van der Waals surface area contributed by atoms with Gasteiger partial charge in [0.2, 0.25) is 0 Å². The van der Waals surface area contributed by atoms with Gasteiger partial charge in [0.25, 0.3) is 0 Å². The van der Waals surface area contributed by atoms with E-state index in [1.807, 2.05) is 53.5 Å². The molecule has 0 saturated heterocycles. The summed E-state index contributed by atoms with van der Waals surface area (Å²) in [5.74, 6) is 3.50. The SMILES string of the molecule is BrCc1ccc(I)c(Oc2ccc3ccccc3c2)c1.Ic1ccc(Cn2ccnc2)cc1Oc1ccc2ccccc2c1. The van der Waals surface area contributed by atoms with Crippen LogP contribution in [0, 0.1) is 7.14 Å². The zero-order valence-corrected chi connectivity index (χ0v) is 29.4. The van der Waals surface area contributed by atoms with Crippen molar-refractivity contribution in [3.63, 3.8) is 0 Å². The number of hydrogen-bond acceptors (Lipinski definition) is 3. The molecule has 0 aliphatic carbocycles. The quantitative estimate of drug-likeness (QED) is 0.118. The Balaban J connectivity index is 0.000000159. The van der Waals surface area contributed by atoms with Crippen molar-refractivity contribution >= 4 is 82.7 Å². The Morgan fingerprint density at radius 2 is 1.11 bits per heavy atom. The molecule has 6 aromatic carbocycles. The highest BCUT2D eigenvalue weighted by Crippen LogP contribution is 2.31. The van der Waals surface area contributed by atoms with Crippen LogP contribution in [0.15, 0.2) is 140 Å². The van der Waals surface area contributed by atoms with E-state index in [0.717, 1.165) is 42.0 Å². The highest BCUT2D eigenvalue weighted by atomic mass is 127. The van der Waals surface area contributed by atoms with Gasteiger partial charge in [-0.25, -0.2) is 4.98 Å². The number of halogens is 3. The number of imidazole rings is 1. The van der Waals surface area contributed by atoms with E-state index in [1.165, 1.54) is 32.7 Å². The average Bonchev–Trinajstić information content (AvgIpc) is 3.57. The Morgan fingerprint density at radius 1 is 0.591 bits per heavy atom. The van der Waals surface area contributed by atoms with Crippen LogP contribution in [0.5, 0.6) is 23.0 Å². The van der Waals surface area contributed by atoms with Crippen LogP contribution in [-0.2, 0) is 11.9 Å². The van der Waals surface area contributed by atoms with E-state index >= 15 is 0 Å². The summed E-state index contributed by atoms with van der Waals surface area (Å²) in [4.78, 5) is 4.09. The van der Waals surface area contributed by atoms with Crippen LogP contribution in [0.3, 0.4) is 0 Å². The van der Waals surface area contributed by atoms with Crippen LogP contribution in [0.1, 0.15) is 11.1 Å². The lowest BCUT2D eigenvalue weighted by molar-refractivity contribution is 0.479. The number of ether oxygens (including phenoxy) is 2. The number of rotatable bonds is 7. The Labute approximate surface area is 292 Å². The van der Waals surface area contributed by atoms with E-state index in [4.69, 9.17) is 9.47 Å². The smallest absolute Gasteiger partial charge is 0.141 e. The molecule has 7 aromatic rings. The first-order chi connectivity index (χ1) is 21.5. The summed E-state index contributed by atoms with van der Waals surface area (Å²) in [5.41, 5.74) is 2.39. The second-order valence-corrected chi connectivity index (χ2v) is 13.0. The first kappa shape index (κ1) is 30.6. The van der Waals surface area contributed by atoms with Gasteiger partial charge in [0.05, 0.1) is 13.5 Å². The lowest BCUT2D eigenvalue weighted by atomic mass is 10.1. The molecule has 218 valence electrons. The first-order valence-corrected chi connectivity index (χ1v) is 17.2. The summed E-state index contributed by atoms with van der Waals surface area (Å²) < 4.78 is 16.4. The van der Waals surface area contributed by atoms with Crippen molar-refractivity contribution in [2.75, 3.05) is 0 Å². The van der Waals surface area contributed by atoms with Crippen molar-refractivity contribution in [2.24, 2.45) is 0 Å². The molecule has 1 aromatic heterocycles. The van der Waals surface area contributed by atoms with Gasteiger partial charge in [-0.05, 0) is 126 Å². The molecular weight excluding hydrogens is 838 g/mol. The molecule has 7 rings (SSSR count). The molecule has 44 heavy (non-hydrogen) atoms. The highest BCUT2D eigenvalue weighted by Gasteiger charge is 2.07. The predicted molar refractivity (Wildman–Crippen MR) is 200 cm³/mol. The lowest BCUT2D eigenvalue weighted by Crippen LogP contribution is -1.97. The van der Waals surface area contributed by atoms with Gasteiger partial charge in [-0.1, -0.05) is 88.7 Å². The minimum absolute atomic E-state index is 0.783. The van der Waals surface area contributed by atoms with Crippen LogP contribution < -0.4 is 9.47 Å². The zero-order chi connectivity index (χ0) is 30.3. The van der Waals surface area contributed by atoms with Crippen LogP contribution >= 0.6 is 61.1 Å². The Hall–Kier alpha value is -3.41. The van der Waals surface area contributed by atoms with Crippen molar-refractivity contribution in [1.82, 2.24) is 9.55 Å². The van der Waals surface area contributed by atoms with Crippen molar-refractivity contribution in [2.45, 2.75) is 11.9 Å². The first-order valence-electron chi connectivity index (χ1n) is 14.0. The number of benzene rings is 6. The van der Waals surface area contributed by atoms with E-state index in [0.29, 0.717) is 0 Å². The Kier molecular flexibility index (Phi) is 10.1. The molecule has 0 radical (unpaired) electrons. The molecular formula is C37H27BrI2N2O2. The summed E-state index contributed by atoms with van der Waals surface area (Å²) in [6, 6.07) is 41.5. The van der Waals surface area contributed by atoms with Crippen molar-refractivity contribution in [1.29, 1.82) is 0 Å². The number of alkyl halides is 1. The monoisotopic (exact) mass is 864 g/mol. The van der Waals surface area contributed by atoms with Crippen molar-refractivity contribution in [3.8, 4) is 23.0 Å². The molecule has 0 N–H and O–H groups in total. The van der Waals surface area contributed by atoms with E-state index in [9.17, 15) is 0 Å². The molecule has 0 atom stereocenters. The van der Waals surface area contributed by atoms with Gasteiger partial charge in [0.1, 0.15) is 23.0 Å². The molecule has 7 heteroatoms. The highest BCUT2D eigenvalue weighted by molar-refractivity contribution is 14.1. The van der Waals surface area contributed by atoms with Gasteiger partial charge in [-0.15, -0.1) is 0 Å². The van der Waals surface area contributed by atoms with Gasteiger partial charge < -0.3 is 14.0 Å².